The monoisotopic (exact) mass is 267 g/mol. The maximum Gasteiger partial charge on any atom is 0.225 e. The smallest absolute Gasteiger partial charge is 0.225 e. The summed E-state index contributed by atoms with van der Waals surface area (Å²) in [5.74, 6) is 0.392. The largest absolute Gasteiger partial charge is 0.375 e. The highest BCUT2D eigenvalue weighted by Gasteiger charge is 2.22. The first-order chi connectivity index (χ1) is 9.19. The number of amides is 1. The molecule has 1 N–H and O–H groups in total. The quantitative estimate of drug-likeness (QED) is 0.855. The van der Waals surface area contributed by atoms with Crippen molar-refractivity contribution in [2.75, 3.05) is 5.32 Å². The van der Waals surface area contributed by atoms with Crippen LogP contribution in [0.4, 0.5) is 5.82 Å². The summed E-state index contributed by atoms with van der Waals surface area (Å²) in [6, 6.07) is 0. The second-order valence-electron chi connectivity index (χ2n) is 5.04. The van der Waals surface area contributed by atoms with E-state index in [1.54, 1.807) is 0 Å². The Labute approximate surface area is 112 Å². The molecule has 2 atom stereocenters. The second-order valence-corrected chi connectivity index (χ2v) is 5.04. The summed E-state index contributed by atoms with van der Waals surface area (Å²) in [4.78, 5) is 11.8. The molecule has 0 bridgehead atoms. The molecule has 0 aliphatic carbocycles. The van der Waals surface area contributed by atoms with Crippen molar-refractivity contribution in [2.24, 2.45) is 0 Å². The highest BCUT2D eigenvalue weighted by atomic mass is 16.6. The topological polar surface area (TPSA) is 77.3 Å². The third kappa shape index (κ3) is 4.02. The normalized spacial score (nSPS) is 22.6. The fraction of sp³-hybridized carbons (Fsp3) is 0.769. The summed E-state index contributed by atoms with van der Waals surface area (Å²) in [7, 11) is 0. The molecule has 6 heteroatoms. The zero-order valence-corrected chi connectivity index (χ0v) is 11.5. The standard InChI is InChI=1S/C13H21N3O3/c1-3-4-11-13(16-19-15-11)14-12(17)8-7-10-6-5-9(2)18-10/h9-10H,3-8H2,1-2H3,(H,14,16,17)/t9-,10+/m0/s1. The number of carbonyl (C=O) groups excluding carboxylic acids is 1. The van der Waals surface area contributed by atoms with Crippen molar-refractivity contribution in [3.8, 4) is 0 Å². The molecule has 2 rings (SSSR count). The van der Waals surface area contributed by atoms with Crippen LogP contribution in [-0.4, -0.2) is 28.4 Å². The Morgan fingerprint density at radius 1 is 1.42 bits per heavy atom. The Morgan fingerprint density at radius 2 is 2.26 bits per heavy atom. The number of nitrogens with one attached hydrogen (secondary N) is 1. The van der Waals surface area contributed by atoms with Crippen LogP contribution in [-0.2, 0) is 16.0 Å². The molecule has 0 spiro atoms. The van der Waals surface area contributed by atoms with Crippen LogP contribution in [0, 0.1) is 0 Å². The number of nitrogens with zero attached hydrogens (tertiary/aromatic N) is 2. The fourth-order valence-corrected chi connectivity index (χ4v) is 2.29. The highest BCUT2D eigenvalue weighted by Crippen LogP contribution is 2.22. The first kappa shape index (κ1) is 14.0. The predicted octanol–water partition coefficient (Wildman–Crippen LogP) is 2.31. The summed E-state index contributed by atoms with van der Waals surface area (Å²) >= 11 is 0. The van der Waals surface area contributed by atoms with Crippen molar-refractivity contribution >= 4 is 11.7 Å². The average molecular weight is 267 g/mol. The lowest BCUT2D eigenvalue weighted by Crippen LogP contribution is -2.17. The van der Waals surface area contributed by atoms with E-state index in [-0.39, 0.29) is 12.0 Å². The van der Waals surface area contributed by atoms with Gasteiger partial charge in [0.1, 0.15) is 5.69 Å². The Balaban J connectivity index is 1.76. The van der Waals surface area contributed by atoms with Crippen molar-refractivity contribution in [3.63, 3.8) is 0 Å². The van der Waals surface area contributed by atoms with E-state index in [1.165, 1.54) is 0 Å². The fourth-order valence-electron chi connectivity index (χ4n) is 2.29. The van der Waals surface area contributed by atoms with Crippen LogP contribution < -0.4 is 5.32 Å². The molecule has 2 heterocycles. The Morgan fingerprint density at radius 3 is 2.95 bits per heavy atom. The van der Waals surface area contributed by atoms with E-state index in [4.69, 9.17) is 4.74 Å². The van der Waals surface area contributed by atoms with Gasteiger partial charge in [-0.3, -0.25) is 4.79 Å². The van der Waals surface area contributed by atoms with Crippen molar-refractivity contribution in [1.29, 1.82) is 0 Å². The van der Waals surface area contributed by atoms with Gasteiger partial charge in [0.25, 0.3) is 0 Å². The van der Waals surface area contributed by atoms with Crippen LogP contribution in [0.25, 0.3) is 0 Å². The SMILES string of the molecule is CCCc1nonc1NC(=O)CC[C@H]1CC[C@H](C)O1. The highest BCUT2D eigenvalue weighted by molar-refractivity contribution is 5.90. The van der Waals surface area contributed by atoms with Crippen LogP contribution in [0.15, 0.2) is 4.63 Å². The molecule has 0 unspecified atom stereocenters. The lowest BCUT2D eigenvalue weighted by atomic mass is 10.1. The molecule has 19 heavy (non-hydrogen) atoms. The minimum atomic E-state index is -0.0591. The van der Waals surface area contributed by atoms with E-state index in [2.05, 4.69) is 27.2 Å². The van der Waals surface area contributed by atoms with Gasteiger partial charge >= 0.3 is 0 Å². The summed E-state index contributed by atoms with van der Waals surface area (Å²) in [6.07, 6.45) is 5.55. The molecule has 1 amide bonds. The summed E-state index contributed by atoms with van der Waals surface area (Å²) in [6.45, 7) is 4.11. The molecule has 1 fully saturated rings. The van der Waals surface area contributed by atoms with Crippen molar-refractivity contribution in [1.82, 2.24) is 10.3 Å². The summed E-state index contributed by atoms with van der Waals surface area (Å²) < 4.78 is 10.3. The van der Waals surface area contributed by atoms with Gasteiger partial charge in [0.05, 0.1) is 12.2 Å². The second kappa shape index (κ2) is 6.65. The van der Waals surface area contributed by atoms with Crippen molar-refractivity contribution in [2.45, 2.75) is 64.6 Å². The molecule has 1 aliphatic rings. The predicted molar refractivity (Wildman–Crippen MR) is 69.7 cm³/mol. The number of carbonyl (C=O) groups is 1. The van der Waals surface area contributed by atoms with Gasteiger partial charge in [-0.1, -0.05) is 18.5 Å². The molecule has 6 nitrogen and oxygen atoms in total. The minimum Gasteiger partial charge on any atom is -0.375 e. The lowest BCUT2D eigenvalue weighted by Gasteiger charge is -2.10. The molecule has 0 aromatic carbocycles. The van der Waals surface area contributed by atoms with Gasteiger partial charge in [-0.15, -0.1) is 0 Å². The number of aryl methyl sites for hydroxylation is 1. The van der Waals surface area contributed by atoms with Crippen LogP contribution in [0.1, 0.15) is 51.6 Å². The minimum absolute atomic E-state index is 0.0591. The Hall–Kier alpha value is -1.43. The Kier molecular flexibility index (Phi) is 4.90. The van der Waals surface area contributed by atoms with Gasteiger partial charge < -0.3 is 10.1 Å². The maximum atomic E-state index is 11.8. The number of aromatic nitrogens is 2. The van der Waals surface area contributed by atoms with E-state index >= 15 is 0 Å². The van der Waals surface area contributed by atoms with Gasteiger partial charge in [-0.2, -0.15) is 0 Å². The van der Waals surface area contributed by atoms with Gasteiger partial charge in [0.15, 0.2) is 0 Å². The summed E-state index contributed by atoms with van der Waals surface area (Å²) in [5.41, 5.74) is 0.710. The number of ether oxygens (including phenoxy) is 1. The van der Waals surface area contributed by atoms with Gasteiger partial charge in [0, 0.05) is 6.42 Å². The molecule has 1 aromatic heterocycles. The number of rotatable bonds is 6. The van der Waals surface area contributed by atoms with Crippen LogP contribution in [0.3, 0.4) is 0 Å². The van der Waals surface area contributed by atoms with E-state index in [0.717, 1.165) is 32.1 Å². The van der Waals surface area contributed by atoms with E-state index in [1.807, 2.05) is 6.92 Å². The third-order valence-corrected chi connectivity index (χ3v) is 3.31. The van der Waals surface area contributed by atoms with Crippen LogP contribution >= 0.6 is 0 Å². The first-order valence-electron chi connectivity index (χ1n) is 6.95. The zero-order valence-electron chi connectivity index (χ0n) is 11.5. The summed E-state index contributed by atoms with van der Waals surface area (Å²) in [5, 5.41) is 10.2. The number of anilines is 1. The van der Waals surface area contributed by atoms with E-state index in [9.17, 15) is 4.79 Å². The van der Waals surface area contributed by atoms with Crippen LogP contribution in [0.2, 0.25) is 0 Å². The molecule has 1 aliphatic heterocycles. The zero-order chi connectivity index (χ0) is 13.7. The first-order valence-corrected chi connectivity index (χ1v) is 6.95. The third-order valence-electron chi connectivity index (χ3n) is 3.31. The Bertz CT molecular complexity index is 419. The maximum absolute atomic E-state index is 11.8. The molecular formula is C13H21N3O3. The van der Waals surface area contributed by atoms with Crippen molar-refractivity contribution < 1.29 is 14.2 Å². The number of hydrogen-bond donors (Lipinski definition) is 1. The lowest BCUT2D eigenvalue weighted by molar-refractivity contribution is -0.117. The van der Waals surface area contributed by atoms with Crippen molar-refractivity contribution in [3.05, 3.63) is 5.69 Å². The number of hydrogen-bond acceptors (Lipinski definition) is 5. The van der Waals surface area contributed by atoms with Gasteiger partial charge in [-0.05, 0) is 37.8 Å². The van der Waals surface area contributed by atoms with E-state index in [0.29, 0.717) is 24.0 Å². The molecule has 1 saturated heterocycles. The van der Waals surface area contributed by atoms with Gasteiger partial charge in [-0.25, -0.2) is 4.63 Å². The molecule has 0 saturated carbocycles. The van der Waals surface area contributed by atoms with Gasteiger partial charge in [0.2, 0.25) is 11.7 Å². The van der Waals surface area contributed by atoms with E-state index < -0.39 is 0 Å². The van der Waals surface area contributed by atoms with Crippen LogP contribution in [0.5, 0.6) is 0 Å². The molecule has 106 valence electrons. The molecular weight excluding hydrogens is 246 g/mol. The molecule has 1 aromatic rings. The molecule has 0 radical (unpaired) electrons. The average Bonchev–Trinajstić information content (AvgIpc) is 2.97.